The van der Waals surface area contributed by atoms with Crippen LogP contribution in [0.15, 0.2) is 0 Å². The van der Waals surface area contributed by atoms with Crippen LogP contribution in [0.3, 0.4) is 0 Å². The van der Waals surface area contributed by atoms with Gasteiger partial charge in [-0.3, -0.25) is 4.79 Å². The van der Waals surface area contributed by atoms with Gasteiger partial charge in [-0.2, -0.15) is 11.8 Å². The van der Waals surface area contributed by atoms with E-state index in [9.17, 15) is 4.79 Å². The molecule has 1 heterocycles. The van der Waals surface area contributed by atoms with Gasteiger partial charge in [0.1, 0.15) is 0 Å². The number of thioether (sulfide) groups is 1. The number of nitrogens with zero attached hydrogens (tertiary/aromatic N) is 1. The largest absolute Gasteiger partial charge is 0.466 e. The molecule has 1 atom stereocenters. The number of likely N-dealkylation sites (tertiary alicyclic amines) is 1. The topological polar surface area (TPSA) is 29.5 Å². The molecule has 0 aliphatic carbocycles. The van der Waals surface area contributed by atoms with Crippen LogP contribution in [0.4, 0.5) is 0 Å². The quantitative estimate of drug-likeness (QED) is 0.519. The molecule has 0 radical (unpaired) electrons. The molecular formula is C13H25NO2S. The summed E-state index contributed by atoms with van der Waals surface area (Å²) in [5, 5.41) is 0. The third-order valence-electron chi connectivity index (χ3n) is 3.09. The minimum absolute atomic E-state index is 0.000123. The molecule has 1 unspecified atom stereocenters. The third-order valence-corrected chi connectivity index (χ3v) is 4.08. The minimum Gasteiger partial charge on any atom is -0.466 e. The summed E-state index contributed by atoms with van der Waals surface area (Å²) in [6.45, 7) is 7.75. The van der Waals surface area contributed by atoms with Gasteiger partial charge < -0.3 is 9.64 Å². The molecule has 0 bridgehead atoms. The minimum atomic E-state index is 0.000123. The van der Waals surface area contributed by atoms with Crippen LogP contribution in [-0.2, 0) is 9.53 Å². The zero-order valence-corrected chi connectivity index (χ0v) is 11.9. The average molecular weight is 259 g/mol. The number of esters is 1. The maximum atomic E-state index is 11.7. The molecule has 0 saturated carbocycles. The Morgan fingerprint density at radius 3 is 3.00 bits per heavy atom. The molecule has 4 heteroatoms. The van der Waals surface area contributed by atoms with Crippen LogP contribution in [-0.4, -0.2) is 48.6 Å². The fourth-order valence-corrected chi connectivity index (χ4v) is 2.87. The van der Waals surface area contributed by atoms with Gasteiger partial charge in [0, 0.05) is 6.54 Å². The van der Waals surface area contributed by atoms with Crippen molar-refractivity contribution < 1.29 is 9.53 Å². The predicted molar refractivity (Wildman–Crippen MR) is 73.4 cm³/mol. The van der Waals surface area contributed by atoms with E-state index in [4.69, 9.17) is 4.74 Å². The SMILES string of the molecule is CCOC(=O)C1CCCN(CCCSCC)C1. The van der Waals surface area contributed by atoms with Gasteiger partial charge in [0.05, 0.1) is 12.5 Å². The first kappa shape index (κ1) is 14.8. The van der Waals surface area contributed by atoms with Gasteiger partial charge in [0.15, 0.2) is 0 Å². The molecule has 0 aromatic rings. The second-order valence-electron chi connectivity index (χ2n) is 4.44. The van der Waals surface area contributed by atoms with E-state index in [1.54, 1.807) is 0 Å². The van der Waals surface area contributed by atoms with Crippen molar-refractivity contribution in [3.8, 4) is 0 Å². The molecule has 0 aromatic carbocycles. The van der Waals surface area contributed by atoms with Gasteiger partial charge in [-0.05, 0) is 50.8 Å². The summed E-state index contributed by atoms with van der Waals surface area (Å²) >= 11 is 1.99. The highest BCUT2D eigenvalue weighted by molar-refractivity contribution is 7.99. The van der Waals surface area contributed by atoms with E-state index in [2.05, 4.69) is 11.8 Å². The van der Waals surface area contributed by atoms with Crippen LogP contribution in [0.25, 0.3) is 0 Å². The Bertz CT molecular complexity index is 223. The molecule has 100 valence electrons. The van der Waals surface area contributed by atoms with Crippen molar-refractivity contribution in [1.82, 2.24) is 4.90 Å². The highest BCUT2D eigenvalue weighted by Crippen LogP contribution is 2.18. The summed E-state index contributed by atoms with van der Waals surface area (Å²) in [5.74, 6) is 2.55. The Labute approximate surface area is 109 Å². The van der Waals surface area contributed by atoms with Gasteiger partial charge in [0.2, 0.25) is 0 Å². The summed E-state index contributed by atoms with van der Waals surface area (Å²) in [6.07, 6.45) is 3.36. The smallest absolute Gasteiger partial charge is 0.310 e. The molecular weight excluding hydrogens is 234 g/mol. The van der Waals surface area contributed by atoms with Crippen molar-refractivity contribution in [3.63, 3.8) is 0 Å². The van der Waals surface area contributed by atoms with Gasteiger partial charge in [0.25, 0.3) is 0 Å². The van der Waals surface area contributed by atoms with E-state index in [1.165, 1.54) is 17.9 Å². The summed E-state index contributed by atoms with van der Waals surface area (Å²) in [7, 11) is 0. The molecule has 0 N–H and O–H groups in total. The first-order valence-corrected chi connectivity index (χ1v) is 7.90. The molecule has 3 nitrogen and oxygen atoms in total. The third kappa shape index (κ3) is 5.77. The van der Waals surface area contributed by atoms with Crippen LogP contribution in [0.5, 0.6) is 0 Å². The number of carbonyl (C=O) groups is 1. The van der Waals surface area contributed by atoms with Gasteiger partial charge in [-0.1, -0.05) is 6.92 Å². The molecule has 0 spiro atoms. The zero-order chi connectivity index (χ0) is 12.5. The molecule has 0 amide bonds. The summed E-state index contributed by atoms with van der Waals surface area (Å²) < 4.78 is 5.10. The number of rotatable bonds is 7. The Morgan fingerprint density at radius 1 is 1.47 bits per heavy atom. The fourth-order valence-electron chi connectivity index (χ4n) is 2.25. The van der Waals surface area contributed by atoms with E-state index in [-0.39, 0.29) is 11.9 Å². The number of ether oxygens (including phenoxy) is 1. The molecule has 17 heavy (non-hydrogen) atoms. The molecule has 1 fully saturated rings. The highest BCUT2D eigenvalue weighted by atomic mass is 32.2. The van der Waals surface area contributed by atoms with Gasteiger partial charge >= 0.3 is 5.97 Å². The van der Waals surface area contributed by atoms with Crippen LogP contribution in [0.1, 0.15) is 33.1 Å². The van der Waals surface area contributed by atoms with Crippen LogP contribution < -0.4 is 0 Å². The van der Waals surface area contributed by atoms with Crippen molar-refractivity contribution >= 4 is 17.7 Å². The average Bonchev–Trinajstić information content (AvgIpc) is 2.35. The number of carbonyl (C=O) groups excluding carboxylic acids is 1. The van der Waals surface area contributed by atoms with Crippen molar-refractivity contribution in [2.75, 3.05) is 37.7 Å². The monoisotopic (exact) mass is 259 g/mol. The summed E-state index contributed by atoms with van der Waals surface area (Å²) in [6, 6.07) is 0. The lowest BCUT2D eigenvalue weighted by Crippen LogP contribution is -2.39. The number of hydrogen-bond donors (Lipinski definition) is 0. The first-order chi connectivity index (χ1) is 8.27. The lowest BCUT2D eigenvalue weighted by atomic mass is 9.98. The van der Waals surface area contributed by atoms with Gasteiger partial charge in [-0.15, -0.1) is 0 Å². The Balaban J connectivity index is 2.21. The van der Waals surface area contributed by atoms with E-state index in [0.717, 1.165) is 32.5 Å². The van der Waals surface area contributed by atoms with Crippen LogP contribution >= 0.6 is 11.8 Å². The molecule has 1 saturated heterocycles. The molecule has 0 aromatic heterocycles. The first-order valence-electron chi connectivity index (χ1n) is 6.74. The van der Waals surface area contributed by atoms with E-state index in [1.807, 2.05) is 18.7 Å². The Hall–Kier alpha value is -0.220. The predicted octanol–water partition coefficient (Wildman–Crippen LogP) is 2.40. The standard InChI is InChI=1S/C13H25NO2S/c1-3-16-13(15)12-7-5-8-14(11-12)9-6-10-17-4-2/h12H,3-11H2,1-2H3. The van der Waals surface area contributed by atoms with Crippen molar-refractivity contribution in [2.45, 2.75) is 33.1 Å². The Kier molecular flexibility index (Phi) is 7.69. The number of piperidine rings is 1. The zero-order valence-electron chi connectivity index (χ0n) is 11.1. The van der Waals surface area contributed by atoms with Crippen LogP contribution in [0, 0.1) is 5.92 Å². The molecule has 1 aliphatic rings. The lowest BCUT2D eigenvalue weighted by Gasteiger charge is -2.31. The summed E-state index contributed by atoms with van der Waals surface area (Å²) in [4.78, 5) is 14.1. The van der Waals surface area contributed by atoms with E-state index < -0.39 is 0 Å². The second-order valence-corrected chi connectivity index (χ2v) is 5.84. The van der Waals surface area contributed by atoms with Crippen LogP contribution in [0.2, 0.25) is 0 Å². The maximum Gasteiger partial charge on any atom is 0.310 e. The van der Waals surface area contributed by atoms with E-state index >= 15 is 0 Å². The van der Waals surface area contributed by atoms with E-state index in [0.29, 0.717) is 6.61 Å². The fraction of sp³-hybridized carbons (Fsp3) is 0.923. The summed E-state index contributed by atoms with van der Waals surface area (Å²) in [5.41, 5.74) is 0. The Morgan fingerprint density at radius 2 is 2.29 bits per heavy atom. The highest BCUT2D eigenvalue weighted by Gasteiger charge is 2.26. The van der Waals surface area contributed by atoms with Crippen molar-refractivity contribution in [3.05, 3.63) is 0 Å². The van der Waals surface area contributed by atoms with Crippen molar-refractivity contribution in [1.29, 1.82) is 0 Å². The second kappa shape index (κ2) is 8.81. The molecule has 1 rings (SSSR count). The number of hydrogen-bond acceptors (Lipinski definition) is 4. The maximum absolute atomic E-state index is 11.7. The molecule has 1 aliphatic heterocycles. The van der Waals surface area contributed by atoms with Crippen molar-refractivity contribution in [2.24, 2.45) is 5.92 Å². The lowest BCUT2D eigenvalue weighted by molar-refractivity contribution is -0.149. The normalized spacial score (nSPS) is 21.4. The van der Waals surface area contributed by atoms with Gasteiger partial charge in [-0.25, -0.2) is 0 Å².